The number of aromatic hydroxyl groups is 2. The second kappa shape index (κ2) is 40.1. The van der Waals surface area contributed by atoms with Gasteiger partial charge in [-0.25, -0.2) is 38.5 Å². The van der Waals surface area contributed by atoms with Crippen LogP contribution in [-0.4, -0.2) is 201 Å². The van der Waals surface area contributed by atoms with E-state index in [0.717, 1.165) is 164 Å². The number of hydrogen-bond acceptors (Lipinski definition) is 25. The zero-order valence-electron chi connectivity index (χ0n) is 58.7. The molecule has 0 saturated carbocycles. The van der Waals surface area contributed by atoms with Crippen LogP contribution in [0, 0.1) is 40.9 Å². The number of nitriles is 3. The number of fused-ring (bicyclic) bond motifs is 3. The van der Waals surface area contributed by atoms with E-state index in [4.69, 9.17) is 4.98 Å². The van der Waals surface area contributed by atoms with Crippen molar-refractivity contribution in [2.24, 2.45) is 0 Å². The Morgan fingerprint density at radius 3 is 1.14 bits per heavy atom. The van der Waals surface area contributed by atoms with Crippen molar-refractivity contribution in [2.75, 3.05) is 106 Å². The maximum atomic E-state index is 10.1. The number of ether oxygens (including phenoxy) is 1. The van der Waals surface area contributed by atoms with Crippen molar-refractivity contribution in [1.29, 1.82) is 15.8 Å². The van der Waals surface area contributed by atoms with Crippen LogP contribution in [0.2, 0.25) is 0 Å². The van der Waals surface area contributed by atoms with E-state index >= 15 is 0 Å². The van der Waals surface area contributed by atoms with Gasteiger partial charge in [0.1, 0.15) is 47.2 Å². The third-order valence-electron chi connectivity index (χ3n) is 16.4. The minimum absolute atomic E-state index is 0. The minimum atomic E-state index is -0.562. The molecule has 3 aliphatic heterocycles. The second-order valence-corrected chi connectivity index (χ2v) is 25.3. The zero-order chi connectivity index (χ0) is 71.5. The molecule has 0 bridgehead atoms. The molecular weight excluding hydrogens is 1380 g/mol. The van der Waals surface area contributed by atoms with Crippen LogP contribution < -0.4 is 49.6 Å². The number of esters is 2. The Bertz CT molecular complexity index is 4600. The Morgan fingerprint density at radius 1 is 0.505 bits per heavy atom. The number of nitrogens with one attached hydrogen (secondary N) is 1. The van der Waals surface area contributed by atoms with Gasteiger partial charge in [-0.05, 0) is 103 Å². The largest absolute Gasteiger partial charge is 1.00 e. The van der Waals surface area contributed by atoms with E-state index in [1.807, 2.05) is 68.5 Å². The van der Waals surface area contributed by atoms with Gasteiger partial charge in [0.15, 0.2) is 0 Å². The molecule has 3 fully saturated rings. The Kier molecular flexibility index (Phi) is 31.9. The SMILES string of the molecule is C.CC(=O)OC(C)=O.CSc1ccc(CN2CCN(c3ccc(-c4cc(C)cn5ncc(C#N)c45)cn3)CC2)cn1.CSc1ccc(CN2CCN(c3ccc(-c4cc(O)cn5ncc(C#N)c45)cn3)CC2)cn1.N#Cc1cnn2cc(O)cc(-c3ccc(N4CCNCC4)nc3)c12.O.O.[B-]C(C)=O.[Na+]. The van der Waals surface area contributed by atoms with E-state index in [1.165, 1.54) is 65.7 Å². The first-order chi connectivity index (χ1) is 48.9. The van der Waals surface area contributed by atoms with Crippen molar-refractivity contribution in [1.82, 2.24) is 68.9 Å². The third kappa shape index (κ3) is 22.1. The van der Waals surface area contributed by atoms with Crippen LogP contribution in [0.5, 0.6) is 11.5 Å². The summed E-state index contributed by atoms with van der Waals surface area (Å²) in [6, 6.07) is 32.5. The van der Waals surface area contributed by atoms with Crippen molar-refractivity contribution < 1.29 is 69.8 Å². The monoisotopic (exact) mass is 1460 g/mol. The molecule has 11 aromatic heterocycles. The minimum Gasteiger partial charge on any atom is -0.528 e. The third-order valence-corrected chi connectivity index (χ3v) is 17.7. The molecule has 0 aliphatic carbocycles. The van der Waals surface area contributed by atoms with E-state index in [0.29, 0.717) is 27.7 Å². The van der Waals surface area contributed by atoms with Crippen molar-refractivity contribution in [3.63, 3.8) is 0 Å². The van der Waals surface area contributed by atoms with Crippen LogP contribution in [0.3, 0.4) is 0 Å². The molecule has 11 aromatic rings. The molecule has 3 aliphatic rings. The molecule has 32 heteroatoms. The van der Waals surface area contributed by atoms with Crippen molar-refractivity contribution in [2.45, 2.75) is 58.3 Å². The molecular formula is C73H81BN20NaO8S2. The maximum Gasteiger partial charge on any atom is 1.00 e. The number of piperazine rings is 3. The molecule has 537 valence electrons. The summed E-state index contributed by atoms with van der Waals surface area (Å²) >= 11 is 3.32. The molecule has 0 amide bonds. The standard InChI is InChI=1S/C25H25N7S.C24H23N7OS.C17H16N6O.C4H6O3.C2H3BO.CH4.Na.2H2O/c1-18-11-22(25-21(12-26)15-29-32(25)16-18)20-4-5-23(27-14-20)31-9-7-30(8-10-31)17-19-3-6-24(33-2)28-13-19;1-33-23-5-2-17(12-27-23)15-29-6-8-30(9-7-29)22-4-3-18(13-26-22)21-10-20(32)16-31-24(21)19(11-25)14-28-31;18-8-13-10-21-23-11-14(24)7-15(17(13)23)12-1-2-16(20-9-12)22-5-3-19-4-6-22;1-3(5)7-4(2)6;1-2(3)4;;;;/h3-6,11,13-16H,7-10,17H2,1-2H3;2-5,10,12-14,16,32H,6-9,15H2,1H3;1-2,7,9-11,19,24H,3-6H2;1-2H3;1H3;1H4;;2*1H2/q;;;;-1;;+1;;. The van der Waals surface area contributed by atoms with Gasteiger partial charge in [-0.3, -0.25) is 19.4 Å². The summed E-state index contributed by atoms with van der Waals surface area (Å²) in [5, 5.41) is 66.3. The van der Waals surface area contributed by atoms with Gasteiger partial charge in [-0.15, -0.1) is 29.2 Å². The first-order valence-electron chi connectivity index (χ1n) is 32.2. The number of carbonyl (C=O) groups is 3. The van der Waals surface area contributed by atoms with E-state index in [-0.39, 0.29) is 65.1 Å². The zero-order valence-corrected chi connectivity index (χ0v) is 62.3. The average molecular weight is 1460 g/mol. The number of rotatable bonds is 12. The van der Waals surface area contributed by atoms with Gasteiger partial charge >= 0.3 is 41.5 Å². The Balaban J connectivity index is 0.000000228. The number of aryl methyl sites for hydroxylation is 1. The number of hydrogen-bond donors (Lipinski definition) is 3. The summed E-state index contributed by atoms with van der Waals surface area (Å²) in [7, 11) is 4.47. The van der Waals surface area contributed by atoms with Crippen molar-refractivity contribution >= 4 is 83.0 Å². The topological polar surface area (TPSA) is 380 Å². The van der Waals surface area contributed by atoms with Crippen molar-refractivity contribution in [3.05, 3.63) is 180 Å². The number of nitrogens with zero attached hydrogens (tertiary/aromatic N) is 19. The van der Waals surface area contributed by atoms with Crippen LogP contribution in [-0.2, 0) is 32.2 Å². The molecule has 7 N–H and O–H groups in total. The molecule has 105 heavy (non-hydrogen) atoms. The molecule has 14 heterocycles. The molecule has 0 spiro atoms. The van der Waals surface area contributed by atoms with Gasteiger partial charge in [0.05, 0.1) is 74.3 Å². The fraction of sp³-hybridized carbons (Fsp3) is 0.288. The summed E-state index contributed by atoms with van der Waals surface area (Å²) in [6.45, 7) is 18.9. The molecule has 0 aromatic carbocycles. The number of carbonyl (C=O) groups excluding carboxylic acids is 3. The van der Waals surface area contributed by atoms with Crippen LogP contribution >= 0.6 is 23.5 Å². The predicted octanol–water partition coefficient (Wildman–Crippen LogP) is 4.60. The average Bonchev–Trinajstić information content (AvgIpc) is 1.68. The Labute approximate surface area is 640 Å². The van der Waals surface area contributed by atoms with Crippen LogP contribution in [0.25, 0.3) is 49.9 Å². The van der Waals surface area contributed by atoms with Gasteiger partial charge in [-0.1, -0.05) is 26.5 Å². The Morgan fingerprint density at radius 2 is 0.848 bits per heavy atom. The normalized spacial score (nSPS) is 13.2. The number of pyridine rings is 8. The van der Waals surface area contributed by atoms with Gasteiger partial charge < -0.3 is 58.6 Å². The van der Waals surface area contributed by atoms with Crippen LogP contribution in [0.1, 0.15) is 61.6 Å². The van der Waals surface area contributed by atoms with E-state index in [9.17, 15) is 40.4 Å². The Hall–Kier alpha value is -10.3. The smallest absolute Gasteiger partial charge is 0.528 e. The molecule has 0 unspecified atom stereocenters. The number of thioether (sulfide) groups is 2. The van der Waals surface area contributed by atoms with Crippen LogP contribution in [0.4, 0.5) is 17.5 Å². The first kappa shape index (κ1) is 83.6. The second-order valence-electron chi connectivity index (χ2n) is 23.6. The maximum absolute atomic E-state index is 10.1. The van der Waals surface area contributed by atoms with Gasteiger partial charge in [-0.2, -0.15) is 31.1 Å². The van der Waals surface area contributed by atoms with Gasteiger partial charge in [0.2, 0.25) is 0 Å². The number of aromatic nitrogens is 11. The fourth-order valence-electron chi connectivity index (χ4n) is 11.7. The van der Waals surface area contributed by atoms with E-state index in [1.54, 1.807) is 58.8 Å². The summed E-state index contributed by atoms with van der Waals surface area (Å²) in [4.78, 5) is 63.6. The first-order valence-corrected chi connectivity index (χ1v) is 34.7. The van der Waals surface area contributed by atoms with Crippen molar-refractivity contribution in [3.8, 4) is 63.1 Å². The summed E-state index contributed by atoms with van der Waals surface area (Å²) in [5.74, 6) is 1.90. The molecule has 28 nitrogen and oxygen atoms in total. The summed E-state index contributed by atoms with van der Waals surface area (Å²) in [6.07, 6.45) is 23.1. The molecule has 14 rings (SSSR count). The molecule has 3 radical (unpaired) electrons. The predicted molar refractivity (Wildman–Crippen MR) is 402 cm³/mol. The summed E-state index contributed by atoms with van der Waals surface area (Å²) < 4.78 is 8.80. The summed E-state index contributed by atoms with van der Waals surface area (Å²) in [5.41, 5.74) is 12.0. The fourth-order valence-corrected chi connectivity index (χ4v) is 12.4. The van der Waals surface area contributed by atoms with Gasteiger partial charge in [0.25, 0.3) is 0 Å². The van der Waals surface area contributed by atoms with E-state index in [2.05, 4.69) is 138 Å². The van der Waals surface area contributed by atoms with Crippen LogP contribution in [0.15, 0.2) is 157 Å². The number of anilines is 3. The van der Waals surface area contributed by atoms with E-state index < -0.39 is 11.9 Å². The quantitative estimate of drug-likeness (QED) is 0.0651. The molecule has 0 atom stereocenters. The molecule has 3 saturated heterocycles. The van der Waals surface area contributed by atoms with Gasteiger partial charge in [0, 0.05) is 176 Å².